The summed E-state index contributed by atoms with van der Waals surface area (Å²) in [6.07, 6.45) is 0. The molecule has 0 bridgehead atoms. The van der Waals surface area contributed by atoms with E-state index in [1.54, 1.807) is 6.07 Å². The van der Waals surface area contributed by atoms with E-state index in [2.05, 4.69) is 218 Å². The summed E-state index contributed by atoms with van der Waals surface area (Å²) in [5.41, 5.74) is 11.4. The summed E-state index contributed by atoms with van der Waals surface area (Å²) in [5.74, 6) is -0.144. The number of hydrogen-bond acceptors (Lipinski definition) is 2. The average Bonchev–Trinajstić information content (AvgIpc) is 3.21. The molecular formula is C47H45Br2FN2. The Morgan fingerprint density at radius 1 is 0.442 bits per heavy atom. The van der Waals surface area contributed by atoms with Crippen LogP contribution in [0, 0.1) is 25.1 Å². The molecule has 6 aromatic rings. The minimum atomic E-state index is -0.338. The lowest BCUT2D eigenvalue weighted by Gasteiger charge is -2.44. The van der Waals surface area contributed by atoms with E-state index in [4.69, 9.17) is 0 Å². The maximum absolute atomic E-state index is 16.7. The Kier molecular flexibility index (Phi) is 9.28. The van der Waals surface area contributed by atoms with Gasteiger partial charge in [-0.2, -0.15) is 0 Å². The molecule has 0 spiro atoms. The molecule has 6 aromatic carbocycles. The summed E-state index contributed by atoms with van der Waals surface area (Å²) in [6.45, 7) is 17.7. The Hall–Kier alpha value is -4.19. The van der Waals surface area contributed by atoms with Gasteiger partial charge >= 0.3 is 0 Å². The molecule has 1 aliphatic carbocycles. The van der Waals surface area contributed by atoms with E-state index in [0.29, 0.717) is 0 Å². The van der Waals surface area contributed by atoms with Crippen molar-refractivity contribution in [3.05, 3.63) is 164 Å². The van der Waals surface area contributed by atoms with Crippen LogP contribution in [0.25, 0.3) is 11.1 Å². The molecule has 0 atom stereocenters. The Labute approximate surface area is 325 Å². The average molecular weight is 817 g/mol. The highest BCUT2D eigenvalue weighted by Gasteiger charge is 2.58. The van der Waals surface area contributed by atoms with Crippen LogP contribution in [0.2, 0.25) is 0 Å². The Bertz CT molecular complexity index is 2050. The summed E-state index contributed by atoms with van der Waals surface area (Å²) < 4.78 is 18.7. The van der Waals surface area contributed by atoms with Gasteiger partial charge in [-0.1, -0.05) is 115 Å². The van der Waals surface area contributed by atoms with Crippen molar-refractivity contribution in [1.29, 1.82) is 0 Å². The van der Waals surface area contributed by atoms with E-state index >= 15 is 4.39 Å². The zero-order valence-electron chi connectivity index (χ0n) is 31.2. The van der Waals surface area contributed by atoms with Crippen LogP contribution >= 0.6 is 31.9 Å². The van der Waals surface area contributed by atoms with Gasteiger partial charge in [-0.15, -0.1) is 0 Å². The maximum atomic E-state index is 16.7. The molecule has 0 amide bonds. The summed E-state index contributed by atoms with van der Waals surface area (Å²) in [5, 5.41) is 0. The van der Waals surface area contributed by atoms with Crippen LogP contribution in [-0.4, -0.2) is 0 Å². The summed E-state index contributed by atoms with van der Waals surface area (Å²) in [6, 6.07) is 44.7. The van der Waals surface area contributed by atoms with Crippen molar-refractivity contribution >= 4 is 66.0 Å². The molecule has 1 aliphatic rings. The number of anilines is 6. The van der Waals surface area contributed by atoms with E-state index in [1.165, 1.54) is 11.1 Å². The summed E-state index contributed by atoms with van der Waals surface area (Å²) in [7, 11) is 0. The van der Waals surface area contributed by atoms with E-state index in [1.807, 2.05) is 0 Å². The number of nitrogens with zero attached hydrogens (tertiary/aromatic N) is 2. The van der Waals surface area contributed by atoms with Crippen LogP contribution < -0.4 is 9.80 Å². The van der Waals surface area contributed by atoms with Crippen LogP contribution in [0.5, 0.6) is 0 Å². The Morgan fingerprint density at radius 3 is 1.21 bits per heavy atom. The molecule has 0 saturated carbocycles. The van der Waals surface area contributed by atoms with Gasteiger partial charge in [0.1, 0.15) is 5.82 Å². The molecular weight excluding hydrogens is 771 g/mol. The maximum Gasteiger partial charge on any atom is 0.127 e. The predicted octanol–water partition coefficient (Wildman–Crippen LogP) is 15.2. The summed E-state index contributed by atoms with van der Waals surface area (Å²) in [4.78, 5) is 4.57. The van der Waals surface area contributed by atoms with Crippen molar-refractivity contribution in [2.75, 3.05) is 9.80 Å². The number of halogens is 3. The van der Waals surface area contributed by atoms with Crippen molar-refractivity contribution < 1.29 is 4.39 Å². The van der Waals surface area contributed by atoms with Crippen LogP contribution in [0.4, 0.5) is 38.5 Å². The Morgan fingerprint density at radius 2 is 0.808 bits per heavy atom. The molecule has 264 valence electrons. The fourth-order valence-electron chi connectivity index (χ4n) is 7.81. The van der Waals surface area contributed by atoms with Gasteiger partial charge in [0.05, 0.1) is 0 Å². The smallest absolute Gasteiger partial charge is 0.127 e. The van der Waals surface area contributed by atoms with Crippen molar-refractivity contribution in [3.8, 4) is 11.1 Å². The number of hydrogen-bond donors (Lipinski definition) is 0. The zero-order chi connectivity index (χ0) is 37.2. The molecule has 0 saturated heterocycles. The van der Waals surface area contributed by atoms with Crippen molar-refractivity contribution in [3.63, 3.8) is 0 Å². The molecule has 0 N–H and O–H groups in total. The first-order chi connectivity index (χ1) is 24.6. The number of fused-ring (bicyclic) bond motifs is 1. The monoisotopic (exact) mass is 814 g/mol. The molecule has 5 heteroatoms. The lowest BCUT2D eigenvalue weighted by molar-refractivity contribution is 0.123. The lowest BCUT2D eigenvalue weighted by atomic mass is 9.59. The highest BCUT2D eigenvalue weighted by molar-refractivity contribution is 9.10. The standard InChI is InChI=1S/C47H45Br2FN2/c1-30-9-17-36(18-10-30)51(37-19-11-31(2)12-20-37)40-25-32(33-27-42-44(43(50)28-33)46(5,6)47(7,8)45(42,3)4)26-41(29-40)52(38-21-13-34(48)14-22-38)39-23-15-35(49)16-24-39/h9-29H,1-8H3. The fraction of sp³-hybridized carbons (Fsp3) is 0.234. The molecule has 0 unspecified atom stereocenters. The van der Waals surface area contributed by atoms with E-state index in [9.17, 15) is 0 Å². The summed E-state index contributed by atoms with van der Waals surface area (Å²) >= 11 is 7.28. The van der Waals surface area contributed by atoms with E-state index in [-0.39, 0.29) is 22.1 Å². The quantitative estimate of drug-likeness (QED) is 0.158. The predicted molar refractivity (Wildman–Crippen MR) is 226 cm³/mol. The molecule has 0 radical (unpaired) electrons. The van der Waals surface area contributed by atoms with Crippen LogP contribution in [0.1, 0.15) is 63.8 Å². The highest BCUT2D eigenvalue weighted by Crippen LogP contribution is 2.62. The van der Waals surface area contributed by atoms with Crippen LogP contribution in [0.3, 0.4) is 0 Å². The topological polar surface area (TPSA) is 6.48 Å². The van der Waals surface area contributed by atoms with Gasteiger partial charge < -0.3 is 9.80 Å². The number of rotatable bonds is 7. The first kappa shape index (κ1) is 36.2. The van der Waals surface area contributed by atoms with Gasteiger partial charge in [-0.25, -0.2) is 4.39 Å². The second-order valence-electron chi connectivity index (χ2n) is 15.8. The van der Waals surface area contributed by atoms with Gasteiger partial charge in [0.15, 0.2) is 0 Å². The van der Waals surface area contributed by atoms with E-state index < -0.39 is 0 Å². The first-order valence-corrected chi connectivity index (χ1v) is 19.4. The third-order valence-electron chi connectivity index (χ3n) is 12.0. The SMILES string of the molecule is Cc1ccc(N(c2ccc(C)cc2)c2cc(-c3cc(F)c4c(c3)C(C)(C)C(C)(C)C4(C)C)cc(N(c3ccc(Br)cc3)c3ccc(Br)cc3)c2)cc1. The largest absolute Gasteiger partial charge is 0.310 e. The van der Waals surface area contributed by atoms with Crippen molar-refractivity contribution in [2.24, 2.45) is 5.41 Å². The van der Waals surface area contributed by atoms with Crippen molar-refractivity contribution in [2.45, 2.75) is 66.2 Å². The Balaban J connectivity index is 1.53. The van der Waals surface area contributed by atoms with Gasteiger partial charge in [0.25, 0.3) is 0 Å². The number of benzene rings is 6. The van der Waals surface area contributed by atoms with Crippen LogP contribution in [0.15, 0.2) is 136 Å². The zero-order valence-corrected chi connectivity index (χ0v) is 34.3. The van der Waals surface area contributed by atoms with Gasteiger partial charge in [-0.3, -0.25) is 0 Å². The lowest BCUT2D eigenvalue weighted by Crippen LogP contribution is -2.42. The normalized spacial score (nSPS) is 15.3. The molecule has 52 heavy (non-hydrogen) atoms. The third-order valence-corrected chi connectivity index (χ3v) is 13.1. The number of aryl methyl sites for hydroxylation is 2. The highest BCUT2D eigenvalue weighted by atomic mass is 79.9. The second kappa shape index (κ2) is 13.3. The van der Waals surface area contributed by atoms with Crippen LogP contribution in [-0.2, 0) is 10.8 Å². The first-order valence-electron chi connectivity index (χ1n) is 17.8. The van der Waals surface area contributed by atoms with Gasteiger partial charge in [0, 0.05) is 43.1 Å². The molecule has 0 aliphatic heterocycles. The van der Waals surface area contributed by atoms with Gasteiger partial charge in [0.2, 0.25) is 0 Å². The van der Waals surface area contributed by atoms with Gasteiger partial charge in [-0.05, 0) is 149 Å². The molecule has 0 heterocycles. The minimum Gasteiger partial charge on any atom is -0.310 e. The van der Waals surface area contributed by atoms with E-state index in [0.717, 1.165) is 65.3 Å². The van der Waals surface area contributed by atoms with Crippen molar-refractivity contribution in [1.82, 2.24) is 0 Å². The third kappa shape index (κ3) is 6.20. The second-order valence-corrected chi connectivity index (χ2v) is 17.6. The molecule has 7 rings (SSSR count). The molecule has 0 aromatic heterocycles. The fourth-order valence-corrected chi connectivity index (χ4v) is 8.34. The minimum absolute atomic E-state index is 0.144. The molecule has 2 nitrogen and oxygen atoms in total. The molecule has 0 fully saturated rings.